The van der Waals surface area contributed by atoms with Crippen LogP contribution in [0.1, 0.15) is 32.6 Å². The van der Waals surface area contributed by atoms with E-state index in [0.29, 0.717) is 19.3 Å². The number of aliphatic hydroxyl groups is 1. The average molecular weight is 303 g/mol. The first-order valence-corrected chi connectivity index (χ1v) is 6.15. The molecule has 0 saturated heterocycles. The Morgan fingerprint density at radius 2 is 2.12 bits per heavy atom. The van der Waals surface area contributed by atoms with E-state index in [4.69, 9.17) is 5.11 Å². The van der Waals surface area contributed by atoms with Crippen molar-refractivity contribution in [3.05, 3.63) is 0 Å². The molecule has 96 valence electrons. The van der Waals surface area contributed by atoms with E-state index in [0.717, 1.165) is 0 Å². The zero-order chi connectivity index (χ0) is 12.6. The van der Waals surface area contributed by atoms with Crippen molar-refractivity contribution in [2.45, 2.75) is 43.4 Å². The summed E-state index contributed by atoms with van der Waals surface area (Å²) in [7, 11) is 0. The van der Waals surface area contributed by atoms with E-state index >= 15 is 0 Å². The fourth-order valence-corrected chi connectivity index (χ4v) is 1.91. The van der Waals surface area contributed by atoms with Gasteiger partial charge in [0.05, 0.1) is 6.61 Å². The summed E-state index contributed by atoms with van der Waals surface area (Å²) in [5.74, 6) is -4.91. The number of esters is 1. The molecule has 0 aromatic rings. The Morgan fingerprint density at radius 1 is 1.50 bits per heavy atom. The fraction of sp³-hybridized carbons (Fsp3) is 0.900. The highest BCUT2D eigenvalue weighted by Crippen LogP contribution is 2.28. The Morgan fingerprint density at radius 3 is 2.62 bits per heavy atom. The van der Waals surface area contributed by atoms with Crippen LogP contribution in [-0.2, 0) is 9.53 Å². The van der Waals surface area contributed by atoms with E-state index in [1.54, 1.807) is 0 Å². The van der Waals surface area contributed by atoms with Gasteiger partial charge in [-0.2, -0.15) is 8.78 Å². The molecule has 3 nitrogen and oxygen atoms in total. The van der Waals surface area contributed by atoms with Crippen LogP contribution in [0.4, 0.5) is 8.78 Å². The zero-order valence-corrected chi connectivity index (χ0v) is 10.8. The highest BCUT2D eigenvalue weighted by molar-refractivity contribution is 9.09. The minimum Gasteiger partial charge on any atom is -0.462 e. The van der Waals surface area contributed by atoms with Gasteiger partial charge < -0.3 is 9.84 Å². The van der Waals surface area contributed by atoms with Crippen LogP contribution in [0.25, 0.3) is 0 Å². The van der Waals surface area contributed by atoms with Crippen LogP contribution >= 0.6 is 15.9 Å². The molecular formula is C10H17BrF2O3. The Hall–Kier alpha value is -0.230. The lowest BCUT2D eigenvalue weighted by atomic mass is 10.1. The van der Waals surface area contributed by atoms with E-state index in [1.807, 2.05) is 0 Å². The van der Waals surface area contributed by atoms with E-state index in [-0.39, 0.29) is 13.2 Å². The molecule has 0 aliphatic heterocycles. The summed E-state index contributed by atoms with van der Waals surface area (Å²) in [6.45, 7) is 1.49. The number of hydrogen-bond donors (Lipinski definition) is 1. The monoisotopic (exact) mass is 302 g/mol. The Labute approximate surface area is 102 Å². The standard InChI is InChI=1S/C10H17BrF2O3/c1-2-16-9(15)10(12,13)7-8(11)5-3-4-6-14/h8,14H,2-7H2,1H3/t8-/m1/s1. The van der Waals surface area contributed by atoms with Crippen molar-refractivity contribution >= 4 is 21.9 Å². The van der Waals surface area contributed by atoms with Crippen molar-refractivity contribution in [2.24, 2.45) is 0 Å². The number of alkyl halides is 3. The molecule has 0 aliphatic rings. The lowest BCUT2D eigenvalue weighted by Crippen LogP contribution is -2.33. The number of halogens is 3. The van der Waals surface area contributed by atoms with E-state index in [1.165, 1.54) is 6.92 Å². The topological polar surface area (TPSA) is 46.5 Å². The van der Waals surface area contributed by atoms with Crippen LogP contribution in [0.3, 0.4) is 0 Å². The summed E-state index contributed by atoms with van der Waals surface area (Å²) in [5, 5.41) is 8.53. The van der Waals surface area contributed by atoms with Crippen LogP contribution in [-0.4, -0.2) is 35.0 Å². The van der Waals surface area contributed by atoms with E-state index in [2.05, 4.69) is 20.7 Å². The third kappa shape index (κ3) is 6.37. The predicted octanol–water partition coefficient (Wildman–Crippen LogP) is 2.50. The molecule has 0 aliphatic carbocycles. The molecule has 1 N–H and O–H groups in total. The number of ether oxygens (including phenoxy) is 1. The van der Waals surface area contributed by atoms with Crippen molar-refractivity contribution in [3.8, 4) is 0 Å². The van der Waals surface area contributed by atoms with Crippen molar-refractivity contribution in [1.82, 2.24) is 0 Å². The predicted molar refractivity (Wildman–Crippen MR) is 59.8 cm³/mol. The van der Waals surface area contributed by atoms with Gasteiger partial charge in [0, 0.05) is 17.9 Å². The second kappa shape index (κ2) is 7.95. The highest BCUT2D eigenvalue weighted by Gasteiger charge is 2.41. The van der Waals surface area contributed by atoms with Gasteiger partial charge in [-0.25, -0.2) is 4.79 Å². The summed E-state index contributed by atoms with van der Waals surface area (Å²) in [6, 6.07) is 0. The van der Waals surface area contributed by atoms with Gasteiger partial charge in [-0.3, -0.25) is 0 Å². The third-order valence-electron chi connectivity index (χ3n) is 1.98. The highest BCUT2D eigenvalue weighted by atomic mass is 79.9. The molecule has 0 bridgehead atoms. The zero-order valence-electron chi connectivity index (χ0n) is 9.22. The molecule has 0 unspecified atom stereocenters. The van der Waals surface area contributed by atoms with E-state index in [9.17, 15) is 13.6 Å². The van der Waals surface area contributed by atoms with Crippen LogP contribution in [0.5, 0.6) is 0 Å². The molecule has 0 saturated carbocycles. The smallest absolute Gasteiger partial charge is 0.377 e. The first-order chi connectivity index (χ1) is 7.44. The Balaban J connectivity index is 3.98. The minimum atomic E-state index is -3.44. The largest absolute Gasteiger partial charge is 0.462 e. The Bertz CT molecular complexity index is 212. The molecule has 0 radical (unpaired) electrons. The summed E-state index contributed by atoms with van der Waals surface area (Å²) < 4.78 is 30.7. The first-order valence-electron chi connectivity index (χ1n) is 5.24. The fourth-order valence-electron chi connectivity index (χ4n) is 1.18. The minimum absolute atomic E-state index is 0.0496. The van der Waals surface area contributed by atoms with Crippen LogP contribution in [0.2, 0.25) is 0 Å². The van der Waals surface area contributed by atoms with Gasteiger partial charge in [0.1, 0.15) is 0 Å². The van der Waals surface area contributed by atoms with Crippen molar-refractivity contribution in [1.29, 1.82) is 0 Å². The molecule has 0 amide bonds. The van der Waals surface area contributed by atoms with E-state index < -0.39 is 23.1 Å². The van der Waals surface area contributed by atoms with Gasteiger partial charge in [0.15, 0.2) is 0 Å². The van der Waals surface area contributed by atoms with Gasteiger partial charge in [0.25, 0.3) is 0 Å². The Kier molecular flexibility index (Phi) is 7.83. The van der Waals surface area contributed by atoms with Crippen LogP contribution in [0.15, 0.2) is 0 Å². The molecule has 16 heavy (non-hydrogen) atoms. The van der Waals surface area contributed by atoms with Crippen LogP contribution in [0, 0.1) is 0 Å². The summed E-state index contributed by atoms with van der Waals surface area (Å²) in [6.07, 6.45) is 1.14. The maximum Gasteiger partial charge on any atom is 0.377 e. The van der Waals surface area contributed by atoms with Gasteiger partial charge in [-0.05, 0) is 19.8 Å². The summed E-state index contributed by atoms with van der Waals surface area (Å²) in [5.41, 5.74) is 0. The number of rotatable bonds is 8. The third-order valence-corrected chi connectivity index (χ3v) is 2.76. The van der Waals surface area contributed by atoms with Gasteiger partial charge >= 0.3 is 11.9 Å². The molecular weight excluding hydrogens is 286 g/mol. The number of carbonyl (C=O) groups is 1. The van der Waals surface area contributed by atoms with Crippen LogP contribution < -0.4 is 0 Å². The molecule has 0 heterocycles. The maximum atomic E-state index is 13.2. The SMILES string of the molecule is CCOC(=O)C(F)(F)C[C@H](Br)CCCCO. The molecule has 0 fully saturated rings. The quantitative estimate of drug-likeness (QED) is 0.426. The van der Waals surface area contributed by atoms with Gasteiger partial charge in [-0.1, -0.05) is 22.4 Å². The lowest BCUT2D eigenvalue weighted by molar-refractivity contribution is -0.172. The molecule has 6 heteroatoms. The normalized spacial score (nSPS) is 13.6. The van der Waals surface area contributed by atoms with Gasteiger partial charge in [-0.15, -0.1) is 0 Å². The lowest BCUT2D eigenvalue weighted by Gasteiger charge is -2.17. The summed E-state index contributed by atoms with van der Waals surface area (Å²) >= 11 is 3.09. The second-order valence-corrected chi connectivity index (χ2v) is 4.74. The average Bonchev–Trinajstić information content (AvgIpc) is 2.17. The maximum absolute atomic E-state index is 13.2. The molecule has 1 atom stereocenters. The first kappa shape index (κ1) is 15.8. The number of carbonyl (C=O) groups excluding carboxylic acids is 1. The van der Waals surface area contributed by atoms with Crippen molar-refractivity contribution in [2.75, 3.05) is 13.2 Å². The molecule has 0 rings (SSSR count). The number of unbranched alkanes of at least 4 members (excludes halogenated alkanes) is 1. The van der Waals surface area contributed by atoms with Crippen molar-refractivity contribution < 1.29 is 23.4 Å². The summed E-state index contributed by atoms with van der Waals surface area (Å²) in [4.78, 5) is 10.5. The second-order valence-electron chi connectivity index (χ2n) is 3.45. The molecule has 0 aromatic carbocycles. The number of hydrogen-bond acceptors (Lipinski definition) is 3. The molecule has 0 spiro atoms. The molecule has 0 aromatic heterocycles. The van der Waals surface area contributed by atoms with Gasteiger partial charge in [0.2, 0.25) is 0 Å². The van der Waals surface area contributed by atoms with Crippen molar-refractivity contribution in [3.63, 3.8) is 0 Å². The number of aliphatic hydroxyl groups excluding tert-OH is 1.